The monoisotopic (exact) mass is 370 g/mol. The van der Waals surface area contributed by atoms with E-state index in [1.807, 2.05) is 0 Å². The van der Waals surface area contributed by atoms with Crippen LogP contribution < -0.4 is 10.4 Å². The maximum atomic E-state index is 12.3. The molecule has 1 aromatic heterocycles. The maximum Gasteiger partial charge on any atom is 0.353 e. The summed E-state index contributed by atoms with van der Waals surface area (Å²) in [6.07, 6.45) is -1.95. The van der Waals surface area contributed by atoms with Gasteiger partial charge in [-0.2, -0.15) is 4.98 Å². The van der Waals surface area contributed by atoms with Gasteiger partial charge in [0.15, 0.2) is 12.3 Å². The fourth-order valence-corrected chi connectivity index (χ4v) is 2.74. The van der Waals surface area contributed by atoms with E-state index in [0.29, 0.717) is 6.61 Å². The van der Waals surface area contributed by atoms with Crippen molar-refractivity contribution in [3.05, 3.63) is 22.7 Å². The lowest BCUT2D eigenvalue weighted by atomic mass is 9.96. The van der Waals surface area contributed by atoms with Gasteiger partial charge in [-0.1, -0.05) is 0 Å². The third-order valence-electron chi connectivity index (χ3n) is 3.81. The number of nitrogens with zero attached hydrogens (tertiary/aromatic N) is 2. The minimum Gasteiger partial charge on any atom is -0.478 e. The van der Waals surface area contributed by atoms with E-state index < -0.39 is 41.7 Å². The van der Waals surface area contributed by atoms with Gasteiger partial charge in [0.25, 0.3) is 0 Å². The third-order valence-corrected chi connectivity index (χ3v) is 3.81. The van der Waals surface area contributed by atoms with Gasteiger partial charge in [0, 0.05) is 26.1 Å². The van der Waals surface area contributed by atoms with E-state index in [-0.39, 0.29) is 12.5 Å². The molecule has 10 nitrogen and oxygen atoms in total. The van der Waals surface area contributed by atoms with Crippen molar-refractivity contribution in [2.45, 2.75) is 51.7 Å². The van der Waals surface area contributed by atoms with Crippen molar-refractivity contribution in [1.82, 2.24) is 9.55 Å². The molecule has 1 aliphatic heterocycles. The molecule has 144 valence electrons. The number of hydrogen-bond donors (Lipinski definition) is 1. The number of hydrogen-bond acceptors (Lipinski definition) is 9. The molecule has 0 aromatic carbocycles. The van der Waals surface area contributed by atoms with Crippen LogP contribution >= 0.6 is 0 Å². The van der Waals surface area contributed by atoms with Gasteiger partial charge in [0.1, 0.15) is 18.3 Å². The summed E-state index contributed by atoms with van der Waals surface area (Å²) in [6.45, 7) is 5.60. The second-order valence-corrected chi connectivity index (χ2v) is 5.97. The van der Waals surface area contributed by atoms with E-state index in [1.165, 1.54) is 33.0 Å². The largest absolute Gasteiger partial charge is 0.478 e. The zero-order valence-electron chi connectivity index (χ0n) is 15.0. The van der Waals surface area contributed by atoms with Crippen molar-refractivity contribution < 1.29 is 33.6 Å². The van der Waals surface area contributed by atoms with Crippen LogP contribution in [0.1, 0.15) is 33.9 Å². The first kappa shape index (κ1) is 19.9. The van der Waals surface area contributed by atoms with Gasteiger partial charge in [-0.25, -0.2) is 4.79 Å². The molecule has 1 fully saturated rings. The molecule has 1 unspecified atom stereocenters. The lowest BCUT2D eigenvalue weighted by Crippen LogP contribution is -2.48. The summed E-state index contributed by atoms with van der Waals surface area (Å²) in [5.74, 6) is -1.07. The highest BCUT2D eigenvalue weighted by Crippen LogP contribution is 2.39. The molecule has 26 heavy (non-hydrogen) atoms. The molecule has 1 aromatic rings. The Morgan fingerprint density at radius 1 is 1.38 bits per heavy atom. The third kappa shape index (κ3) is 4.20. The second kappa shape index (κ2) is 7.83. The summed E-state index contributed by atoms with van der Waals surface area (Å²) in [5.41, 5.74) is -2.48. The Kier molecular flexibility index (Phi) is 5.98. The van der Waals surface area contributed by atoms with E-state index in [2.05, 4.69) is 4.98 Å². The highest BCUT2D eigenvalue weighted by Gasteiger charge is 2.56. The van der Waals surface area contributed by atoms with Gasteiger partial charge in [0.2, 0.25) is 5.88 Å². The first-order valence-electron chi connectivity index (χ1n) is 8.07. The Morgan fingerprint density at radius 3 is 2.62 bits per heavy atom. The minimum atomic E-state index is -1.77. The molecule has 2 heterocycles. The standard InChI is InChI=1S/C16H22N2O8/c1-5-23-12-6-7-18(15(21)17-12)14-16(4,22)13(25-10(3)20)11(26-14)8-24-9(2)19/h6-7,11,13-14,22H,5,8H2,1-4H3/t11-,13?,14-,16+/m1/s1. The van der Waals surface area contributed by atoms with Crippen LogP contribution in [0.2, 0.25) is 0 Å². The van der Waals surface area contributed by atoms with Gasteiger partial charge in [-0.3, -0.25) is 14.2 Å². The number of aliphatic hydroxyl groups is 1. The highest BCUT2D eigenvalue weighted by atomic mass is 16.6. The molecule has 0 aliphatic carbocycles. The Balaban J connectivity index is 2.34. The number of rotatable bonds is 6. The average molecular weight is 370 g/mol. The minimum absolute atomic E-state index is 0.138. The zero-order valence-corrected chi connectivity index (χ0v) is 15.0. The maximum absolute atomic E-state index is 12.3. The van der Waals surface area contributed by atoms with Crippen molar-refractivity contribution in [3.8, 4) is 5.88 Å². The van der Waals surface area contributed by atoms with Crippen LogP contribution in [0.4, 0.5) is 0 Å². The number of esters is 2. The number of ether oxygens (including phenoxy) is 4. The van der Waals surface area contributed by atoms with E-state index in [0.717, 1.165) is 4.57 Å². The molecule has 10 heteroatoms. The Hall–Kier alpha value is -2.46. The molecule has 2 rings (SSSR count). The summed E-state index contributed by atoms with van der Waals surface area (Å²) in [6, 6.07) is 1.45. The molecular formula is C16H22N2O8. The summed E-state index contributed by atoms with van der Waals surface area (Å²) >= 11 is 0. The fraction of sp³-hybridized carbons (Fsp3) is 0.625. The van der Waals surface area contributed by atoms with Gasteiger partial charge >= 0.3 is 17.6 Å². The van der Waals surface area contributed by atoms with E-state index in [9.17, 15) is 19.5 Å². The number of aromatic nitrogens is 2. The van der Waals surface area contributed by atoms with Gasteiger partial charge in [0.05, 0.1) is 6.61 Å². The van der Waals surface area contributed by atoms with Crippen LogP contribution in [-0.2, 0) is 23.8 Å². The van der Waals surface area contributed by atoms with Gasteiger partial charge < -0.3 is 24.1 Å². The Morgan fingerprint density at radius 2 is 2.08 bits per heavy atom. The zero-order chi connectivity index (χ0) is 19.5. The summed E-state index contributed by atoms with van der Waals surface area (Å²) in [5, 5.41) is 10.9. The van der Waals surface area contributed by atoms with Crippen molar-refractivity contribution in [2.24, 2.45) is 0 Å². The highest BCUT2D eigenvalue weighted by molar-refractivity contribution is 5.66. The van der Waals surface area contributed by atoms with Gasteiger partial charge in [-0.05, 0) is 13.8 Å². The molecule has 0 radical (unpaired) electrons. The van der Waals surface area contributed by atoms with Crippen LogP contribution in [0.5, 0.6) is 5.88 Å². The van der Waals surface area contributed by atoms with Crippen molar-refractivity contribution in [1.29, 1.82) is 0 Å². The normalized spacial score (nSPS) is 27.8. The topological polar surface area (TPSA) is 126 Å². The van der Waals surface area contributed by atoms with E-state index in [4.69, 9.17) is 18.9 Å². The lowest BCUT2D eigenvalue weighted by molar-refractivity contribution is -0.163. The summed E-state index contributed by atoms with van der Waals surface area (Å²) in [4.78, 5) is 38.5. The van der Waals surface area contributed by atoms with E-state index in [1.54, 1.807) is 6.92 Å². The first-order chi connectivity index (χ1) is 12.2. The van der Waals surface area contributed by atoms with Crippen LogP contribution in [0.15, 0.2) is 17.1 Å². The Bertz CT molecular complexity index is 729. The Labute approximate surface area is 149 Å². The molecule has 0 amide bonds. The molecule has 0 spiro atoms. The smallest absolute Gasteiger partial charge is 0.353 e. The van der Waals surface area contributed by atoms with Crippen molar-refractivity contribution in [2.75, 3.05) is 13.2 Å². The molecule has 4 atom stereocenters. The summed E-state index contributed by atoms with van der Waals surface area (Å²) < 4.78 is 22.0. The predicted octanol–water partition coefficient (Wildman–Crippen LogP) is -0.215. The SMILES string of the molecule is CCOc1ccn([C@@H]2O[C@H](COC(C)=O)C(OC(C)=O)[C@]2(C)O)c(=O)n1. The van der Waals surface area contributed by atoms with E-state index >= 15 is 0 Å². The lowest BCUT2D eigenvalue weighted by Gasteiger charge is -2.29. The fourth-order valence-electron chi connectivity index (χ4n) is 2.74. The molecule has 1 N–H and O–H groups in total. The molecule has 0 saturated carbocycles. The van der Waals surface area contributed by atoms with Gasteiger partial charge in [-0.15, -0.1) is 0 Å². The quantitative estimate of drug-likeness (QED) is 0.676. The number of carbonyl (C=O) groups excluding carboxylic acids is 2. The molecule has 1 saturated heterocycles. The molecule has 0 bridgehead atoms. The van der Waals surface area contributed by atoms with Crippen molar-refractivity contribution >= 4 is 11.9 Å². The average Bonchev–Trinajstić information content (AvgIpc) is 2.77. The predicted molar refractivity (Wildman–Crippen MR) is 86.4 cm³/mol. The van der Waals surface area contributed by atoms with Crippen LogP contribution in [0.3, 0.4) is 0 Å². The second-order valence-electron chi connectivity index (χ2n) is 5.97. The number of carbonyl (C=O) groups is 2. The van der Waals surface area contributed by atoms with Crippen LogP contribution in [-0.4, -0.2) is 57.6 Å². The summed E-state index contributed by atoms with van der Waals surface area (Å²) in [7, 11) is 0. The van der Waals surface area contributed by atoms with Crippen LogP contribution in [0.25, 0.3) is 0 Å². The first-order valence-corrected chi connectivity index (χ1v) is 8.07. The molecule has 1 aliphatic rings. The van der Waals surface area contributed by atoms with Crippen molar-refractivity contribution in [3.63, 3.8) is 0 Å². The van der Waals surface area contributed by atoms with Crippen LogP contribution in [0, 0.1) is 0 Å². The molecular weight excluding hydrogens is 348 g/mol.